The standard InChI is InChI=1S/C10H19NO3/c1-8(9(12)13)6-11-4-5-14-10(2,3)7-11/h8H,4-7H2,1-3H3,(H,12,13). The number of nitrogens with zero attached hydrogens (tertiary/aromatic N) is 1. The van der Waals surface area contributed by atoms with Gasteiger partial charge in [0.1, 0.15) is 0 Å². The molecule has 1 fully saturated rings. The average Bonchev–Trinajstić information content (AvgIpc) is 2.01. The van der Waals surface area contributed by atoms with Crippen molar-refractivity contribution in [3.8, 4) is 0 Å². The van der Waals surface area contributed by atoms with Crippen molar-refractivity contribution in [3.05, 3.63) is 0 Å². The second kappa shape index (κ2) is 4.28. The normalized spacial score (nSPS) is 24.5. The van der Waals surface area contributed by atoms with Gasteiger partial charge in [-0.15, -0.1) is 0 Å². The molecule has 4 heteroatoms. The summed E-state index contributed by atoms with van der Waals surface area (Å²) in [5.41, 5.74) is -0.142. The minimum absolute atomic E-state index is 0.142. The Morgan fingerprint density at radius 3 is 2.79 bits per heavy atom. The van der Waals surface area contributed by atoms with E-state index >= 15 is 0 Å². The van der Waals surface area contributed by atoms with Gasteiger partial charge in [-0.25, -0.2) is 0 Å². The molecule has 0 aromatic heterocycles. The van der Waals surface area contributed by atoms with E-state index in [1.165, 1.54) is 0 Å². The molecule has 0 saturated carbocycles. The van der Waals surface area contributed by atoms with Gasteiger partial charge in [-0.05, 0) is 13.8 Å². The molecule has 1 unspecified atom stereocenters. The van der Waals surface area contributed by atoms with Crippen LogP contribution in [-0.2, 0) is 9.53 Å². The van der Waals surface area contributed by atoms with Gasteiger partial charge >= 0.3 is 5.97 Å². The molecule has 0 spiro atoms. The molecular formula is C10H19NO3. The highest BCUT2D eigenvalue weighted by Gasteiger charge is 2.28. The first kappa shape index (κ1) is 11.5. The van der Waals surface area contributed by atoms with Gasteiger partial charge in [-0.2, -0.15) is 0 Å². The van der Waals surface area contributed by atoms with Gasteiger partial charge < -0.3 is 9.84 Å². The van der Waals surface area contributed by atoms with Crippen LogP contribution in [0, 0.1) is 5.92 Å². The summed E-state index contributed by atoms with van der Waals surface area (Å²) >= 11 is 0. The SMILES string of the molecule is CC(CN1CCOC(C)(C)C1)C(=O)O. The summed E-state index contributed by atoms with van der Waals surface area (Å²) in [6, 6.07) is 0. The minimum atomic E-state index is -0.728. The van der Waals surface area contributed by atoms with Gasteiger partial charge in [-0.1, -0.05) is 6.92 Å². The molecule has 1 rings (SSSR count). The van der Waals surface area contributed by atoms with Gasteiger partial charge in [0.15, 0.2) is 0 Å². The Bertz CT molecular complexity index is 215. The van der Waals surface area contributed by atoms with Gasteiger partial charge in [0.2, 0.25) is 0 Å². The van der Waals surface area contributed by atoms with Crippen molar-refractivity contribution in [2.75, 3.05) is 26.2 Å². The zero-order valence-electron chi connectivity index (χ0n) is 9.12. The molecule has 1 N–H and O–H groups in total. The van der Waals surface area contributed by atoms with Crippen LogP contribution in [0.1, 0.15) is 20.8 Å². The predicted molar refractivity (Wildman–Crippen MR) is 53.3 cm³/mol. The molecule has 0 amide bonds. The van der Waals surface area contributed by atoms with E-state index in [4.69, 9.17) is 9.84 Å². The van der Waals surface area contributed by atoms with Crippen LogP contribution in [0.3, 0.4) is 0 Å². The fourth-order valence-electron chi connectivity index (χ4n) is 1.74. The number of carboxylic acid groups (broad SMARTS) is 1. The van der Waals surface area contributed by atoms with E-state index in [9.17, 15) is 4.79 Å². The smallest absolute Gasteiger partial charge is 0.307 e. The fourth-order valence-corrected chi connectivity index (χ4v) is 1.74. The Balaban J connectivity index is 2.42. The average molecular weight is 201 g/mol. The van der Waals surface area contributed by atoms with E-state index in [0.29, 0.717) is 13.2 Å². The van der Waals surface area contributed by atoms with Crippen LogP contribution in [0.25, 0.3) is 0 Å². The van der Waals surface area contributed by atoms with Gasteiger partial charge in [0.05, 0.1) is 18.1 Å². The van der Waals surface area contributed by atoms with Crippen LogP contribution in [0.2, 0.25) is 0 Å². The number of rotatable bonds is 3. The second-order valence-corrected chi connectivity index (χ2v) is 4.58. The molecule has 1 aliphatic rings. The van der Waals surface area contributed by atoms with Crippen molar-refractivity contribution in [2.24, 2.45) is 5.92 Å². The van der Waals surface area contributed by atoms with Crippen molar-refractivity contribution < 1.29 is 14.6 Å². The lowest BCUT2D eigenvalue weighted by molar-refractivity contribution is -0.143. The highest BCUT2D eigenvalue weighted by atomic mass is 16.5. The number of morpholine rings is 1. The van der Waals surface area contributed by atoms with Crippen molar-refractivity contribution >= 4 is 5.97 Å². The summed E-state index contributed by atoms with van der Waals surface area (Å²) in [7, 11) is 0. The Morgan fingerprint density at radius 2 is 2.29 bits per heavy atom. The van der Waals surface area contributed by atoms with Crippen LogP contribution < -0.4 is 0 Å². The molecule has 0 aromatic carbocycles. The van der Waals surface area contributed by atoms with Crippen LogP contribution in [0.5, 0.6) is 0 Å². The summed E-state index contributed by atoms with van der Waals surface area (Å²) in [4.78, 5) is 12.8. The highest BCUT2D eigenvalue weighted by Crippen LogP contribution is 2.17. The molecular weight excluding hydrogens is 182 g/mol. The minimum Gasteiger partial charge on any atom is -0.481 e. The summed E-state index contributed by atoms with van der Waals surface area (Å²) in [6.07, 6.45) is 0. The quantitative estimate of drug-likeness (QED) is 0.734. The highest BCUT2D eigenvalue weighted by molar-refractivity contribution is 5.69. The lowest BCUT2D eigenvalue weighted by Gasteiger charge is -2.38. The number of hydrogen-bond donors (Lipinski definition) is 1. The molecule has 14 heavy (non-hydrogen) atoms. The Hall–Kier alpha value is -0.610. The second-order valence-electron chi connectivity index (χ2n) is 4.58. The zero-order valence-corrected chi connectivity index (χ0v) is 9.12. The Labute approximate surface area is 84.8 Å². The molecule has 1 aliphatic heterocycles. The van der Waals surface area contributed by atoms with Gasteiger partial charge in [-0.3, -0.25) is 9.69 Å². The number of carboxylic acids is 1. The first-order chi connectivity index (χ1) is 6.41. The van der Waals surface area contributed by atoms with Crippen molar-refractivity contribution in [1.82, 2.24) is 4.90 Å². The molecule has 1 saturated heterocycles. The van der Waals surface area contributed by atoms with Crippen molar-refractivity contribution in [1.29, 1.82) is 0 Å². The van der Waals surface area contributed by atoms with E-state index in [0.717, 1.165) is 13.1 Å². The van der Waals surface area contributed by atoms with Crippen LogP contribution in [0.15, 0.2) is 0 Å². The molecule has 1 heterocycles. The van der Waals surface area contributed by atoms with Gasteiger partial charge in [0, 0.05) is 19.6 Å². The lowest BCUT2D eigenvalue weighted by Crippen LogP contribution is -2.49. The van der Waals surface area contributed by atoms with Crippen LogP contribution >= 0.6 is 0 Å². The monoisotopic (exact) mass is 201 g/mol. The molecule has 82 valence electrons. The van der Waals surface area contributed by atoms with E-state index in [2.05, 4.69) is 4.90 Å². The van der Waals surface area contributed by atoms with E-state index < -0.39 is 5.97 Å². The molecule has 0 bridgehead atoms. The fraction of sp³-hybridized carbons (Fsp3) is 0.900. The maximum Gasteiger partial charge on any atom is 0.307 e. The topological polar surface area (TPSA) is 49.8 Å². The summed E-state index contributed by atoms with van der Waals surface area (Å²) in [6.45, 7) is 8.76. The summed E-state index contributed by atoms with van der Waals surface area (Å²) < 4.78 is 5.55. The summed E-state index contributed by atoms with van der Waals surface area (Å²) in [5.74, 6) is -1.03. The molecule has 4 nitrogen and oxygen atoms in total. The number of carbonyl (C=O) groups is 1. The van der Waals surface area contributed by atoms with Crippen molar-refractivity contribution in [2.45, 2.75) is 26.4 Å². The third-order valence-corrected chi connectivity index (χ3v) is 2.46. The maximum absolute atomic E-state index is 10.7. The van der Waals surface area contributed by atoms with Crippen LogP contribution in [0.4, 0.5) is 0 Å². The third-order valence-electron chi connectivity index (χ3n) is 2.46. The van der Waals surface area contributed by atoms with E-state index in [-0.39, 0.29) is 11.5 Å². The molecule has 0 aliphatic carbocycles. The number of hydrogen-bond acceptors (Lipinski definition) is 3. The first-order valence-electron chi connectivity index (χ1n) is 5.00. The molecule has 1 atom stereocenters. The molecule has 0 radical (unpaired) electrons. The van der Waals surface area contributed by atoms with Crippen molar-refractivity contribution in [3.63, 3.8) is 0 Å². The van der Waals surface area contributed by atoms with E-state index in [1.807, 2.05) is 13.8 Å². The lowest BCUT2D eigenvalue weighted by atomic mass is 10.1. The predicted octanol–water partition coefficient (Wildman–Crippen LogP) is 0.818. The summed E-state index contributed by atoms with van der Waals surface area (Å²) in [5, 5.41) is 8.78. The molecule has 0 aromatic rings. The van der Waals surface area contributed by atoms with E-state index in [1.54, 1.807) is 6.92 Å². The zero-order chi connectivity index (χ0) is 10.8. The van der Waals surface area contributed by atoms with Crippen LogP contribution in [-0.4, -0.2) is 47.8 Å². The van der Waals surface area contributed by atoms with Gasteiger partial charge in [0.25, 0.3) is 0 Å². The Kier molecular flexibility index (Phi) is 3.50. The maximum atomic E-state index is 10.7. The Morgan fingerprint density at radius 1 is 1.64 bits per heavy atom. The largest absolute Gasteiger partial charge is 0.481 e. The number of aliphatic carboxylic acids is 1. The number of ether oxygens (including phenoxy) is 1. The third kappa shape index (κ3) is 3.27. The first-order valence-corrected chi connectivity index (χ1v) is 5.00.